The van der Waals surface area contributed by atoms with Gasteiger partial charge in [-0.2, -0.15) is 8.42 Å². The Morgan fingerprint density at radius 3 is 2.30 bits per heavy atom. The molecule has 3 nitrogen and oxygen atoms in total. The van der Waals surface area contributed by atoms with Gasteiger partial charge in [0.25, 0.3) is 0 Å². The van der Waals surface area contributed by atoms with Gasteiger partial charge in [0.2, 0.25) is 5.44 Å². The molecule has 61 valence electrons. The van der Waals surface area contributed by atoms with Gasteiger partial charge in [-0.3, -0.25) is 0 Å². The van der Waals surface area contributed by atoms with Gasteiger partial charge in [0, 0.05) is 0 Å². The summed E-state index contributed by atoms with van der Waals surface area (Å²) in [5, 5.41) is 10.3. The second kappa shape index (κ2) is 3.88. The first-order valence-corrected chi connectivity index (χ1v) is 4.52. The van der Waals surface area contributed by atoms with E-state index in [0.29, 0.717) is 12.8 Å². The lowest BCUT2D eigenvalue weighted by Crippen LogP contribution is -2.13. The summed E-state index contributed by atoms with van der Waals surface area (Å²) in [5.41, 5.74) is -2.08. The molecule has 0 aliphatic heterocycles. The molecule has 0 aliphatic rings. The largest absolute Gasteiger partial charge is 0.332 e. The van der Waals surface area contributed by atoms with Gasteiger partial charge in [-0.25, -0.2) is 5.11 Å². The Hall–Kier alpha value is -0.160. The van der Waals surface area contributed by atoms with Crippen molar-refractivity contribution in [1.29, 1.82) is 0 Å². The smallest absolute Gasteiger partial charge is 0.213 e. The monoisotopic (exact) mass is 169 g/mol. The van der Waals surface area contributed by atoms with Crippen molar-refractivity contribution in [3.8, 4) is 0 Å². The zero-order valence-corrected chi connectivity index (χ0v) is 6.53. The van der Waals surface area contributed by atoms with Crippen molar-refractivity contribution < 1.29 is 17.4 Å². The first-order valence-electron chi connectivity index (χ1n) is 3.07. The lowest BCUT2D eigenvalue weighted by molar-refractivity contribution is 0.139. The minimum Gasteiger partial charge on any atom is -0.213 e. The van der Waals surface area contributed by atoms with E-state index in [2.05, 4.69) is 0 Å². The van der Waals surface area contributed by atoms with Gasteiger partial charge in [0.1, 0.15) is 0 Å². The van der Waals surface area contributed by atoms with Crippen molar-refractivity contribution in [3.63, 3.8) is 0 Å². The molecule has 1 atom stereocenters. The molecule has 0 saturated carbocycles. The third-order valence-corrected chi connectivity index (χ3v) is 1.97. The summed E-state index contributed by atoms with van der Waals surface area (Å²) in [4.78, 5) is 0. The molecule has 0 aliphatic carbocycles. The molecule has 1 unspecified atom stereocenters. The van der Waals surface area contributed by atoms with Crippen molar-refractivity contribution >= 4 is 10.2 Å². The lowest BCUT2D eigenvalue weighted by atomic mass is 10.3. The molecule has 0 spiro atoms. The highest BCUT2D eigenvalue weighted by Gasteiger charge is 2.22. The van der Waals surface area contributed by atoms with E-state index in [1.54, 1.807) is 6.92 Å². The number of rotatable bonds is 4. The van der Waals surface area contributed by atoms with Crippen molar-refractivity contribution in [3.05, 3.63) is 0 Å². The summed E-state index contributed by atoms with van der Waals surface area (Å²) in [5.74, 6) is 0. The van der Waals surface area contributed by atoms with Crippen LogP contribution in [0.25, 0.3) is 0 Å². The minimum atomic E-state index is -4.83. The molecular formula is C5H10FO3S. The van der Waals surface area contributed by atoms with E-state index in [9.17, 15) is 17.4 Å². The average molecular weight is 169 g/mol. The molecule has 0 aromatic rings. The van der Waals surface area contributed by atoms with E-state index in [0.717, 1.165) is 0 Å². The SMILES string of the molecule is CCCCC([O])S(=O)(=O)F. The summed E-state index contributed by atoms with van der Waals surface area (Å²) in [6, 6.07) is 0. The normalized spacial score (nSPS) is 15.1. The zero-order valence-electron chi connectivity index (χ0n) is 5.71. The van der Waals surface area contributed by atoms with E-state index in [4.69, 9.17) is 0 Å². The second-order valence-electron chi connectivity index (χ2n) is 2.05. The maximum absolute atomic E-state index is 11.8. The fourth-order valence-electron chi connectivity index (χ4n) is 0.512. The Morgan fingerprint density at radius 1 is 1.50 bits per heavy atom. The molecule has 0 N–H and O–H groups in total. The van der Waals surface area contributed by atoms with Crippen LogP contribution in [0.5, 0.6) is 0 Å². The Balaban J connectivity index is 3.75. The van der Waals surface area contributed by atoms with Gasteiger partial charge < -0.3 is 0 Å². The number of unbranched alkanes of at least 4 members (excludes halogenated alkanes) is 1. The first kappa shape index (κ1) is 9.84. The predicted octanol–water partition coefficient (Wildman–Crippen LogP) is 1.23. The Bertz CT molecular complexity index is 175. The Labute approximate surface area is 60.1 Å². The third-order valence-electron chi connectivity index (χ3n) is 1.11. The van der Waals surface area contributed by atoms with E-state index in [1.807, 2.05) is 0 Å². The average Bonchev–Trinajstić information content (AvgIpc) is 1.80. The zero-order chi connectivity index (χ0) is 8.20. The van der Waals surface area contributed by atoms with Gasteiger partial charge in [0.05, 0.1) is 0 Å². The van der Waals surface area contributed by atoms with Crippen LogP contribution in [0.1, 0.15) is 26.2 Å². The quantitative estimate of drug-likeness (QED) is 0.594. The molecule has 0 rings (SSSR count). The van der Waals surface area contributed by atoms with Crippen LogP contribution in [0, 0.1) is 0 Å². The second-order valence-corrected chi connectivity index (χ2v) is 3.52. The Kier molecular flexibility index (Phi) is 3.81. The van der Waals surface area contributed by atoms with E-state index >= 15 is 0 Å². The summed E-state index contributed by atoms with van der Waals surface area (Å²) < 4.78 is 31.5. The maximum atomic E-state index is 11.8. The fraction of sp³-hybridized carbons (Fsp3) is 1.00. The van der Waals surface area contributed by atoms with Crippen molar-refractivity contribution in [2.45, 2.75) is 31.6 Å². The van der Waals surface area contributed by atoms with Gasteiger partial charge in [-0.15, -0.1) is 3.89 Å². The molecule has 10 heavy (non-hydrogen) atoms. The van der Waals surface area contributed by atoms with E-state index < -0.39 is 15.7 Å². The van der Waals surface area contributed by atoms with Crippen LogP contribution in [0.4, 0.5) is 3.89 Å². The molecule has 0 aromatic carbocycles. The summed E-state index contributed by atoms with van der Waals surface area (Å²) in [6.45, 7) is 1.80. The van der Waals surface area contributed by atoms with Crippen LogP contribution in [-0.4, -0.2) is 13.9 Å². The van der Waals surface area contributed by atoms with Crippen LogP contribution in [0.2, 0.25) is 0 Å². The molecule has 0 fully saturated rings. The van der Waals surface area contributed by atoms with Gasteiger partial charge in [-0.05, 0) is 12.8 Å². The van der Waals surface area contributed by atoms with Gasteiger partial charge >= 0.3 is 10.2 Å². The van der Waals surface area contributed by atoms with Crippen LogP contribution in [0.3, 0.4) is 0 Å². The highest BCUT2D eigenvalue weighted by molar-refractivity contribution is 7.86. The standard InChI is InChI=1S/C5H10FO3S/c1-2-3-4-5(7)10(6,8)9/h5H,2-4H2,1H3. The highest BCUT2D eigenvalue weighted by atomic mass is 32.3. The molecule has 0 amide bonds. The van der Waals surface area contributed by atoms with Crippen molar-refractivity contribution in [1.82, 2.24) is 0 Å². The van der Waals surface area contributed by atoms with Crippen LogP contribution < -0.4 is 0 Å². The molecule has 1 radical (unpaired) electrons. The first-order chi connectivity index (χ1) is 4.48. The van der Waals surface area contributed by atoms with Crippen LogP contribution in [0.15, 0.2) is 0 Å². The van der Waals surface area contributed by atoms with E-state index in [1.165, 1.54) is 0 Å². The molecule has 5 heteroatoms. The van der Waals surface area contributed by atoms with E-state index in [-0.39, 0.29) is 6.42 Å². The minimum absolute atomic E-state index is 0.130. The summed E-state index contributed by atoms with van der Waals surface area (Å²) >= 11 is 0. The van der Waals surface area contributed by atoms with Gasteiger partial charge in [-0.1, -0.05) is 13.3 Å². The molecular weight excluding hydrogens is 159 g/mol. The van der Waals surface area contributed by atoms with Gasteiger partial charge in [0.15, 0.2) is 0 Å². The molecule has 0 heterocycles. The Morgan fingerprint density at radius 2 is 2.00 bits per heavy atom. The number of hydrogen-bond acceptors (Lipinski definition) is 2. The highest BCUT2D eigenvalue weighted by Crippen LogP contribution is 2.08. The predicted molar refractivity (Wildman–Crippen MR) is 34.0 cm³/mol. The summed E-state index contributed by atoms with van der Waals surface area (Å²) in [7, 11) is -4.83. The number of halogens is 1. The van der Waals surface area contributed by atoms with Crippen molar-refractivity contribution in [2.24, 2.45) is 0 Å². The van der Waals surface area contributed by atoms with Crippen molar-refractivity contribution in [2.75, 3.05) is 0 Å². The number of hydrogen-bond donors (Lipinski definition) is 0. The summed E-state index contributed by atoms with van der Waals surface area (Å²) in [6.07, 6.45) is 1.03. The molecule has 0 saturated heterocycles. The van der Waals surface area contributed by atoms with Crippen LogP contribution in [-0.2, 0) is 15.3 Å². The topological polar surface area (TPSA) is 54.0 Å². The fourth-order valence-corrected chi connectivity index (χ4v) is 0.960. The molecule has 0 aromatic heterocycles. The van der Waals surface area contributed by atoms with Crippen LogP contribution >= 0.6 is 0 Å². The maximum Gasteiger partial charge on any atom is 0.332 e. The third kappa shape index (κ3) is 3.79. The lowest BCUT2D eigenvalue weighted by Gasteiger charge is -1.99. The molecule has 0 bridgehead atoms.